The van der Waals surface area contributed by atoms with E-state index >= 15 is 0 Å². The highest BCUT2D eigenvalue weighted by Crippen LogP contribution is 2.40. The van der Waals surface area contributed by atoms with Crippen LogP contribution in [0.5, 0.6) is 0 Å². The van der Waals surface area contributed by atoms with E-state index in [4.69, 9.17) is 4.74 Å². The second-order valence-electron chi connectivity index (χ2n) is 8.12. The van der Waals surface area contributed by atoms with Crippen molar-refractivity contribution >= 4 is 34.3 Å². The third-order valence-corrected chi connectivity index (χ3v) is 6.25. The summed E-state index contributed by atoms with van der Waals surface area (Å²) in [5.74, 6) is -0.0647. The van der Waals surface area contributed by atoms with E-state index in [1.165, 1.54) is 0 Å². The number of carbonyl (C=O) groups is 2. The number of para-hydroxylation sites is 1. The van der Waals surface area contributed by atoms with Gasteiger partial charge in [0.1, 0.15) is 5.69 Å². The van der Waals surface area contributed by atoms with Crippen LogP contribution in [0.4, 0.5) is 16.2 Å². The number of aromatic nitrogens is 1. The minimum atomic E-state index is -0.365. The van der Waals surface area contributed by atoms with Crippen LogP contribution in [0.1, 0.15) is 41.9 Å². The third-order valence-electron chi connectivity index (χ3n) is 6.25. The number of amides is 2. The summed E-state index contributed by atoms with van der Waals surface area (Å²) in [6, 6.07) is 13.8. The SMILES string of the molecule is CCOC(=O)N1c2cc(C)c(C)cc2N(C(=O)c2cc3ccccc3n2C)CC1CC. The van der Waals surface area contributed by atoms with Crippen molar-refractivity contribution in [2.75, 3.05) is 23.0 Å². The number of benzene rings is 2. The van der Waals surface area contributed by atoms with E-state index in [-0.39, 0.29) is 18.0 Å². The molecule has 0 radical (unpaired) electrons. The fourth-order valence-corrected chi connectivity index (χ4v) is 4.36. The lowest BCUT2D eigenvalue weighted by Crippen LogP contribution is -2.53. The van der Waals surface area contributed by atoms with E-state index in [0.717, 1.165) is 33.4 Å². The maximum absolute atomic E-state index is 13.8. The van der Waals surface area contributed by atoms with E-state index in [1.807, 2.05) is 79.8 Å². The van der Waals surface area contributed by atoms with E-state index in [0.29, 0.717) is 25.3 Å². The molecule has 4 rings (SSSR count). The number of hydrogen-bond acceptors (Lipinski definition) is 3. The first-order chi connectivity index (χ1) is 14.9. The summed E-state index contributed by atoms with van der Waals surface area (Å²) in [5, 5.41) is 1.03. The van der Waals surface area contributed by atoms with E-state index < -0.39 is 0 Å². The number of nitrogens with zero attached hydrogens (tertiary/aromatic N) is 3. The lowest BCUT2D eigenvalue weighted by molar-refractivity contribution is 0.0974. The van der Waals surface area contributed by atoms with Crippen LogP contribution in [0.3, 0.4) is 0 Å². The zero-order valence-corrected chi connectivity index (χ0v) is 18.8. The molecule has 0 bridgehead atoms. The second kappa shape index (κ2) is 8.10. The number of carbonyl (C=O) groups excluding carboxylic acids is 2. The molecule has 0 N–H and O–H groups in total. The normalized spacial score (nSPS) is 15.8. The van der Waals surface area contributed by atoms with E-state index in [2.05, 4.69) is 0 Å². The molecule has 6 nitrogen and oxygen atoms in total. The Morgan fingerprint density at radius 1 is 1.03 bits per heavy atom. The first-order valence-electron chi connectivity index (χ1n) is 10.8. The van der Waals surface area contributed by atoms with Gasteiger partial charge in [0, 0.05) is 24.5 Å². The molecule has 1 aliphatic rings. The summed E-state index contributed by atoms with van der Waals surface area (Å²) in [5.41, 5.74) is 5.27. The van der Waals surface area contributed by atoms with Gasteiger partial charge in [0.05, 0.1) is 24.0 Å². The van der Waals surface area contributed by atoms with Crippen LogP contribution in [0.2, 0.25) is 0 Å². The maximum atomic E-state index is 13.8. The van der Waals surface area contributed by atoms with Crippen molar-refractivity contribution in [3.63, 3.8) is 0 Å². The van der Waals surface area contributed by atoms with Crippen LogP contribution in [0.15, 0.2) is 42.5 Å². The molecule has 0 spiro atoms. The molecule has 1 atom stereocenters. The Hall–Kier alpha value is -3.28. The van der Waals surface area contributed by atoms with Gasteiger partial charge >= 0.3 is 6.09 Å². The maximum Gasteiger partial charge on any atom is 0.414 e. The highest BCUT2D eigenvalue weighted by atomic mass is 16.6. The smallest absolute Gasteiger partial charge is 0.414 e. The van der Waals surface area contributed by atoms with Gasteiger partial charge in [-0.1, -0.05) is 25.1 Å². The Balaban J connectivity index is 1.85. The van der Waals surface area contributed by atoms with Crippen LogP contribution >= 0.6 is 0 Å². The van der Waals surface area contributed by atoms with Crippen molar-refractivity contribution in [3.05, 3.63) is 59.3 Å². The molecule has 0 saturated carbocycles. The van der Waals surface area contributed by atoms with Gasteiger partial charge in [-0.25, -0.2) is 4.79 Å². The fraction of sp³-hybridized carbons (Fsp3) is 0.360. The summed E-state index contributed by atoms with van der Waals surface area (Å²) in [4.78, 5) is 30.2. The molecule has 1 aromatic heterocycles. The molecule has 1 aliphatic heterocycles. The first-order valence-corrected chi connectivity index (χ1v) is 10.8. The van der Waals surface area contributed by atoms with Gasteiger partial charge in [0.2, 0.25) is 0 Å². The van der Waals surface area contributed by atoms with Gasteiger partial charge in [-0.05, 0) is 62.6 Å². The number of anilines is 2. The Morgan fingerprint density at radius 2 is 1.71 bits per heavy atom. The topological polar surface area (TPSA) is 54.8 Å². The molecule has 2 amide bonds. The van der Waals surface area contributed by atoms with Gasteiger partial charge in [-0.3, -0.25) is 9.69 Å². The molecule has 2 aromatic carbocycles. The summed E-state index contributed by atoms with van der Waals surface area (Å²) in [6.07, 6.45) is 0.347. The number of aryl methyl sites for hydroxylation is 3. The number of rotatable bonds is 3. The Bertz CT molecular complexity index is 1160. The zero-order chi connectivity index (χ0) is 22.3. The fourth-order valence-electron chi connectivity index (χ4n) is 4.36. The molecular weight excluding hydrogens is 390 g/mol. The van der Waals surface area contributed by atoms with Crippen molar-refractivity contribution in [1.82, 2.24) is 4.57 Å². The molecule has 0 fully saturated rings. The van der Waals surface area contributed by atoms with Crippen molar-refractivity contribution in [2.24, 2.45) is 7.05 Å². The molecule has 0 saturated heterocycles. The monoisotopic (exact) mass is 419 g/mol. The molecule has 0 aliphatic carbocycles. The molecular formula is C25H29N3O3. The summed E-state index contributed by atoms with van der Waals surface area (Å²) >= 11 is 0. The quantitative estimate of drug-likeness (QED) is 0.587. The van der Waals surface area contributed by atoms with Crippen LogP contribution in [0, 0.1) is 13.8 Å². The van der Waals surface area contributed by atoms with Crippen molar-refractivity contribution in [1.29, 1.82) is 0 Å². The first kappa shape index (κ1) is 21.0. The van der Waals surface area contributed by atoms with E-state index in [1.54, 1.807) is 11.8 Å². The van der Waals surface area contributed by atoms with Crippen molar-refractivity contribution in [3.8, 4) is 0 Å². The minimum Gasteiger partial charge on any atom is -0.449 e. The summed E-state index contributed by atoms with van der Waals surface area (Å²) in [7, 11) is 1.92. The standard InChI is InChI=1S/C25H29N3O3/c1-6-19-15-27(24(29)23-14-18-10-8-9-11-20(18)26(23)5)21-12-16(3)17(4)13-22(21)28(19)25(30)31-7-2/h8-14,19H,6-7,15H2,1-5H3. The van der Waals surface area contributed by atoms with Gasteiger partial charge in [-0.15, -0.1) is 0 Å². The largest absolute Gasteiger partial charge is 0.449 e. The van der Waals surface area contributed by atoms with Gasteiger partial charge in [0.25, 0.3) is 5.91 Å². The predicted octanol–water partition coefficient (Wildman–Crippen LogP) is 5.20. The zero-order valence-electron chi connectivity index (χ0n) is 18.8. The number of hydrogen-bond donors (Lipinski definition) is 0. The Morgan fingerprint density at radius 3 is 2.35 bits per heavy atom. The molecule has 3 aromatic rings. The van der Waals surface area contributed by atoms with Gasteiger partial charge < -0.3 is 14.2 Å². The molecule has 1 unspecified atom stereocenters. The highest BCUT2D eigenvalue weighted by molar-refractivity contribution is 6.11. The lowest BCUT2D eigenvalue weighted by atomic mass is 10.00. The Labute approximate surface area is 183 Å². The summed E-state index contributed by atoms with van der Waals surface area (Å²) in [6.45, 7) is 8.61. The average molecular weight is 420 g/mol. The van der Waals surface area contributed by atoms with Crippen LogP contribution in [-0.4, -0.2) is 35.8 Å². The van der Waals surface area contributed by atoms with Crippen molar-refractivity contribution < 1.29 is 14.3 Å². The summed E-state index contributed by atoms with van der Waals surface area (Å²) < 4.78 is 7.30. The Kier molecular flexibility index (Phi) is 5.48. The minimum absolute atomic E-state index is 0.0647. The van der Waals surface area contributed by atoms with Crippen LogP contribution < -0.4 is 9.80 Å². The third kappa shape index (κ3) is 3.46. The molecule has 2 heterocycles. The number of ether oxygens (including phenoxy) is 1. The van der Waals surface area contributed by atoms with Crippen molar-refractivity contribution in [2.45, 2.75) is 40.2 Å². The molecule has 162 valence electrons. The predicted molar refractivity (Wildman–Crippen MR) is 124 cm³/mol. The van der Waals surface area contributed by atoms with Crippen LogP contribution in [-0.2, 0) is 11.8 Å². The van der Waals surface area contributed by atoms with Gasteiger partial charge in [0.15, 0.2) is 0 Å². The van der Waals surface area contributed by atoms with E-state index in [9.17, 15) is 9.59 Å². The average Bonchev–Trinajstić information content (AvgIpc) is 3.10. The number of fused-ring (bicyclic) bond motifs is 2. The second-order valence-corrected chi connectivity index (χ2v) is 8.12. The lowest BCUT2D eigenvalue weighted by Gasteiger charge is -2.42. The molecule has 6 heteroatoms. The molecule has 31 heavy (non-hydrogen) atoms. The van der Waals surface area contributed by atoms with Gasteiger partial charge in [-0.2, -0.15) is 0 Å². The van der Waals surface area contributed by atoms with Crippen LogP contribution in [0.25, 0.3) is 10.9 Å². The highest BCUT2D eigenvalue weighted by Gasteiger charge is 2.38.